The van der Waals surface area contributed by atoms with Crippen LogP contribution in [-0.4, -0.2) is 16.6 Å². The summed E-state index contributed by atoms with van der Waals surface area (Å²) in [5, 5.41) is 9.56. The summed E-state index contributed by atoms with van der Waals surface area (Å²) < 4.78 is 12.6. The van der Waals surface area contributed by atoms with Crippen LogP contribution in [0, 0.1) is 5.82 Å². The van der Waals surface area contributed by atoms with Crippen LogP contribution >= 0.6 is 0 Å². The van der Waals surface area contributed by atoms with E-state index in [0.717, 1.165) is 0 Å². The number of hydrogen-bond acceptors (Lipinski definition) is 3. The fourth-order valence-electron chi connectivity index (χ4n) is 0.804. The average molecular weight is 170 g/mol. The van der Waals surface area contributed by atoms with Gasteiger partial charge in [-0.15, -0.1) is 0 Å². The van der Waals surface area contributed by atoms with Crippen molar-refractivity contribution >= 4 is 0 Å². The number of aliphatic hydroxyl groups is 1. The lowest BCUT2D eigenvalue weighted by atomic mass is 10.0. The number of hydrogen-bond donors (Lipinski definition) is 2. The van der Waals surface area contributed by atoms with Gasteiger partial charge in [-0.1, -0.05) is 0 Å². The maximum absolute atomic E-state index is 12.6. The Morgan fingerprint density at radius 3 is 2.92 bits per heavy atom. The summed E-state index contributed by atoms with van der Waals surface area (Å²) in [6.07, 6.45) is 1.30. The average Bonchev–Trinajstić information content (AvgIpc) is 2.05. The molecule has 0 radical (unpaired) electrons. The number of halogens is 1. The van der Waals surface area contributed by atoms with E-state index in [-0.39, 0.29) is 12.2 Å². The summed E-state index contributed by atoms with van der Waals surface area (Å²) >= 11 is 0. The summed E-state index contributed by atoms with van der Waals surface area (Å²) in [5.74, 6) is -0.422. The molecular weight excluding hydrogens is 159 g/mol. The number of rotatable bonds is 2. The second kappa shape index (κ2) is 3.16. The summed E-state index contributed by atoms with van der Waals surface area (Å²) in [6, 6.07) is 2.39. The Hall–Kier alpha value is -1.00. The van der Waals surface area contributed by atoms with E-state index in [1.807, 2.05) is 0 Å². The number of aromatic nitrogens is 1. The van der Waals surface area contributed by atoms with Crippen molar-refractivity contribution in [3.05, 3.63) is 29.8 Å². The Balaban J connectivity index is 3.03. The van der Waals surface area contributed by atoms with E-state index >= 15 is 0 Å². The van der Waals surface area contributed by atoms with Crippen molar-refractivity contribution in [1.29, 1.82) is 0 Å². The molecule has 1 heterocycles. The monoisotopic (exact) mass is 170 g/mol. The highest BCUT2D eigenvalue weighted by molar-refractivity contribution is 5.13. The quantitative estimate of drug-likeness (QED) is 0.674. The maximum atomic E-state index is 12.6. The third-order valence-corrected chi connectivity index (χ3v) is 1.67. The zero-order chi connectivity index (χ0) is 9.19. The molecule has 1 unspecified atom stereocenters. The van der Waals surface area contributed by atoms with Gasteiger partial charge in [0.15, 0.2) is 0 Å². The lowest BCUT2D eigenvalue weighted by Gasteiger charge is -2.19. The second-order valence-corrected chi connectivity index (χ2v) is 2.84. The van der Waals surface area contributed by atoms with Gasteiger partial charge in [-0.25, -0.2) is 4.39 Å². The molecular formula is C8H11FN2O. The van der Waals surface area contributed by atoms with Crippen LogP contribution in [0.2, 0.25) is 0 Å². The predicted molar refractivity (Wildman–Crippen MR) is 42.8 cm³/mol. The first-order valence-corrected chi connectivity index (χ1v) is 3.61. The van der Waals surface area contributed by atoms with Gasteiger partial charge in [-0.05, 0) is 19.1 Å². The highest BCUT2D eigenvalue weighted by atomic mass is 19.1. The summed E-state index contributed by atoms with van der Waals surface area (Å²) in [6.45, 7) is 1.51. The molecule has 0 aromatic carbocycles. The largest absolute Gasteiger partial charge is 0.383 e. The molecule has 1 rings (SSSR count). The van der Waals surface area contributed by atoms with Gasteiger partial charge in [-0.2, -0.15) is 0 Å². The van der Waals surface area contributed by atoms with Gasteiger partial charge in [0, 0.05) is 12.7 Å². The second-order valence-electron chi connectivity index (χ2n) is 2.84. The highest BCUT2D eigenvalue weighted by Crippen LogP contribution is 2.16. The number of nitrogens with zero attached hydrogens (tertiary/aromatic N) is 1. The van der Waals surface area contributed by atoms with Crippen molar-refractivity contribution in [2.75, 3.05) is 6.54 Å². The minimum atomic E-state index is -1.25. The van der Waals surface area contributed by atoms with Crippen LogP contribution in [0.3, 0.4) is 0 Å². The van der Waals surface area contributed by atoms with Crippen LogP contribution in [0.5, 0.6) is 0 Å². The van der Waals surface area contributed by atoms with E-state index in [1.54, 1.807) is 0 Å². The molecule has 1 aromatic rings. The topological polar surface area (TPSA) is 59.1 Å². The predicted octanol–water partition coefficient (Wildman–Crippen LogP) is 0.387. The van der Waals surface area contributed by atoms with Crippen LogP contribution < -0.4 is 5.73 Å². The molecule has 1 atom stereocenters. The van der Waals surface area contributed by atoms with Crippen molar-refractivity contribution in [3.63, 3.8) is 0 Å². The highest BCUT2D eigenvalue weighted by Gasteiger charge is 2.22. The summed E-state index contributed by atoms with van der Waals surface area (Å²) in [7, 11) is 0. The van der Waals surface area contributed by atoms with Gasteiger partial charge in [0.2, 0.25) is 0 Å². The molecule has 3 nitrogen and oxygen atoms in total. The minimum absolute atomic E-state index is 0.0173. The molecule has 0 bridgehead atoms. The first-order valence-electron chi connectivity index (χ1n) is 3.61. The molecule has 0 saturated heterocycles. The molecule has 0 saturated carbocycles. The fourth-order valence-corrected chi connectivity index (χ4v) is 0.804. The van der Waals surface area contributed by atoms with Crippen molar-refractivity contribution in [2.24, 2.45) is 5.73 Å². The standard InChI is InChI=1S/C8H11FN2O/c1-8(12,5-10)7-4-6(9)2-3-11-7/h2-4,12H,5,10H2,1H3. The van der Waals surface area contributed by atoms with Gasteiger partial charge in [0.1, 0.15) is 11.4 Å². The SMILES string of the molecule is CC(O)(CN)c1cc(F)ccn1. The van der Waals surface area contributed by atoms with Gasteiger partial charge in [-0.3, -0.25) is 4.98 Å². The molecule has 0 spiro atoms. The summed E-state index contributed by atoms with van der Waals surface area (Å²) in [4.78, 5) is 3.81. The van der Waals surface area contributed by atoms with Crippen LogP contribution in [0.4, 0.5) is 4.39 Å². The van der Waals surface area contributed by atoms with Crippen molar-refractivity contribution in [3.8, 4) is 0 Å². The molecule has 66 valence electrons. The Labute approximate surface area is 70.0 Å². The zero-order valence-corrected chi connectivity index (χ0v) is 6.79. The van der Waals surface area contributed by atoms with E-state index in [4.69, 9.17) is 5.73 Å². The van der Waals surface area contributed by atoms with Crippen molar-refractivity contribution in [2.45, 2.75) is 12.5 Å². The number of pyridine rings is 1. The van der Waals surface area contributed by atoms with E-state index in [0.29, 0.717) is 0 Å². The van der Waals surface area contributed by atoms with Crippen LogP contribution in [0.15, 0.2) is 18.3 Å². The number of nitrogens with two attached hydrogens (primary N) is 1. The molecule has 0 aliphatic heterocycles. The Bertz CT molecular complexity index is 276. The maximum Gasteiger partial charge on any atom is 0.126 e. The van der Waals surface area contributed by atoms with Gasteiger partial charge >= 0.3 is 0 Å². The van der Waals surface area contributed by atoms with Gasteiger partial charge in [0.05, 0.1) is 5.69 Å². The van der Waals surface area contributed by atoms with Gasteiger partial charge in [0.25, 0.3) is 0 Å². The molecule has 0 fully saturated rings. The van der Waals surface area contributed by atoms with E-state index in [2.05, 4.69) is 4.98 Å². The third kappa shape index (κ3) is 1.78. The summed E-state index contributed by atoms with van der Waals surface area (Å²) in [5.41, 5.74) is 4.28. The zero-order valence-electron chi connectivity index (χ0n) is 6.79. The minimum Gasteiger partial charge on any atom is -0.383 e. The van der Waals surface area contributed by atoms with Gasteiger partial charge < -0.3 is 10.8 Å². The Kier molecular flexibility index (Phi) is 2.40. The molecule has 3 N–H and O–H groups in total. The lowest BCUT2D eigenvalue weighted by Crippen LogP contribution is -2.32. The molecule has 4 heteroatoms. The molecule has 12 heavy (non-hydrogen) atoms. The first-order chi connectivity index (χ1) is 5.56. The van der Waals surface area contributed by atoms with Crippen LogP contribution in [-0.2, 0) is 5.60 Å². The van der Waals surface area contributed by atoms with Crippen molar-refractivity contribution < 1.29 is 9.50 Å². The normalized spacial score (nSPS) is 15.7. The molecule has 0 amide bonds. The van der Waals surface area contributed by atoms with E-state index in [9.17, 15) is 9.50 Å². The van der Waals surface area contributed by atoms with Crippen LogP contribution in [0.25, 0.3) is 0 Å². The van der Waals surface area contributed by atoms with Crippen molar-refractivity contribution in [1.82, 2.24) is 4.98 Å². The third-order valence-electron chi connectivity index (χ3n) is 1.67. The molecule has 0 aliphatic carbocycles. The lowest BCUT2D eigenvalue weighted by molar-refractivity contribution is 0.0618. The van der Waals surface area contributed by atoms with E-state index < -0.39 is 11.4 Å². The fraction of sp³-hybridized carbons (Fsp3) is 0.375. The molecule has 0 aliphatic rings. The smallest absolute Gasteiger partial charge is 0.126 e. The Morgan fingerprint density at radius 2 is 2.42 bits per heavy atom. The molecule has 1 aromatic heterocycles. The first kappa shape index (κ1) is 9.09. The Morgan fingerprint density at radius 1 is 1.75 bits per heavy atom. The van der Waals surface area contributed by atoms with Crippen LogP contribution in [0.1, 0.15) is 12.6 Å². The van der Waals surface area contributed by atoms with E-state index in [1.165, 1.54) is 25.3 Å².